The second-order valence-electron chi connectivity index (χ2n) is 5.91. The number of ether oxygens (including phenoxy) is 1. The highest BCUT2D eigenvalue weighted by Crippen LogP contribution is 2.29. The molecule has 2 aromatic heterocycles. The fourth-order valence-electron chi connectivity index (χ4n) is 2.63. The molecule has 0 aliphatic rings. The second-order valence-corrected chi connectivity index (χ2v) is 6.94. The van der Waals surface area contributed by atoms with Crippen molar-refractivity contribution < 1.29 is 14.1 Å². The molecular formula is C19H16N4O3S. The van der Waals surface area contributed by atoms with Gasteiger partial charge in [0.2, 0.25) is 11.7 Å². The van der Waals surface area contributed by atoms with Crippen LogP contribution in [0.15, 0.2) is 47.0 Å². The van der Waals surface area contributed by atoms with Gasteiger partial charge < -0.3 is 9.26 Å². The molecule has 7 nitrogen and oxygen atoms in total. The molecule has 0 spiro atoms. The summed E-state index contributed by atoms with van der Waals surface area (Å²) in [6.45, 7) is 3.82. The van der Waals surface area contributed by atoms with E-state index in [2.05, 4.69) is 20.4 Å². The molecule has 27 heavy (non-hydrogen) atoms. The first-order chi connectivity index (χ1) is 13.1. The van der Waals surface area contributed by atoms with E-state index in [1.807, 2.05) is 25.1 Å². The number of aryl methyl sites for hydroxylation is 2. The van der Waals surface area contributed by atoms with E-state index >= 15 is 0 Å². The van der Waals surface area contributed by atoms with Crippen molar-refractivity contribution in [1.29, 1.82) is 0 Å². The fraction of sp³-hybridized carbons (Fsp3) is 0.158. The fourth-order valence-corrected chi connectivity index (χ4v) is 3.57. The van der Waals surface area contributed by atoms with Crippen molar-refractivity contribution in [2.75, 3.05) is 5.32 Å². The summed E-state index contributed by atoms with van der Waals surface area (Å²) < 4.78 is 11.7. The third-order valence-corrected chi connectivity index (χ3v) is 4.84. The maximum absolute atomic E-state index is 12.7. The van der Waals surface area contributed by atoms with Gasteiger partial charge >= 0.3 is 0 Å². The zero-order valence-electron chi connectivity index (χ0n) is 14.7. The van der Waals surface area contributed by atoms with Crippen LogP contribution in [-0.4, -0.2) is 21.0 Å². The molecule has 2 aromatic carbocycles. The quantitative estimate of drug-likeness (QED) is 0.560. The van der Waals surface area contributed by atoms with Crippen molar-refractivity contribution in [3.63, 3.8) is 0 Å². The third kappa shape index (κ3) is 3.65. The number of benzene rings is 2. The first-order valence-electron chi connectivity index (χ1n) is 8.28. The molecule has 1 N–H and O–H groups in total. The predicted octanol–water partition coefficient (Wildman–Crippen LogP) is 4.13. The van der Waals surface area contributed by atoms with Crippen LogP contribution in [0.1, 0.15) is 27.6 Å². The summed E-state index contributed by atoms with van der Waals surface area (Å²) in [5, 5.41) is 7.19. The van der Waals surface area contributed by atoms with Crippen LogP contribution in [0.5, 0.6) is 5.75 Å². The molecule has 0 aliphatic heterocycles. The summed E-state index contributed by atoms with van der Waals surface area (Å²) in [6.07, 6.45) is 0. The highest BCUT2D eigenvalue weighted by atomic mass is 32.1. The first-order valence-corrected chi connectivity index (χ1v) is 9.10. The molecule has 0 atom stereocenters. The Bertz CT molecular complexity index is 1120. The smallest absolute Gasteiger partial charge is 0.261 e. The van der Waals surface area contributed by atoms with Gasteiger partial charge in [-0.1, -0.05) is 40.8 Å². The number of nitrogens with zero attached hydrogens (tertiary/aromatic N) is 3. The van der Waals surface area contributed by atoms with Crippen LogP contribution in [0.2, 0.25) is 0 Å². The number of carbonyl (C=O) groups excluding carboxylic acids is 1. The van der Waals surface area contributed by atoms with E-state index in [0.717, 1.165) is 15.8 Å². The maximum Gasteiger partial charge on any atom is 0.261 e. The molecule has 1 amide bonds. The molecule has 0 saturated heterocycles. The van der Waals surface area contributed by atoms with E-state index in [4.69, 9.17) is 9.26 Å². The average molecular weight is 380 g/mol. The molecule has 4 aromatic rings. The minimum atomic E-state index is -0.286. The van der Waals surface area contributed by atoms with E-state index in [0.29, 0.717) is 28.2 Å². The summed E-state index contributed by atoms with van der Waals surface area (Å²) in [7, 11) is 0. The van der Waals surface area contributed by atoms with Crippen molar-refractivity contribution in [2.45, 2.75) is 20.5 Å². The summed E-state index contributed by atoms with van der Waals surface area (Å²) >= 11 is 1.44. The Morgan fingerprint density at radius 1 is 1.15 bits per heavy atom. The Kier molecular flexibility index (Phi) is 4.55. The molecule has 0 unspecified atom stereocenters. The van der Waals surface area contributed by atoms with Gasteiger partial charge in [0.05, 0.1) is 15.8 Å². The number of hydrogen-bond acceptors (Lipinski definition) is 7. The van der Waals surface area contributed by atoms with Gasteiger partial charge in [-0.05, 0) is 30.7 Å². The number of amides is 1. The molecule has 136 valence electrons. The van der Waals surface area contributed by atoms with Crippen molar-refractivity contribution in [1.82, 2.24) is 15.1 Å². The number of thiazole rings is 1. The number of carbonyl (C=O) groups is 1. The highest BCUT2D eigenvalue weighted by molar-refractivity contribution is 7.22. The number of para-hydroxylation sites is 2. The Balaban J connectivity index is 1.53. The Morgan fingerprint density at radius 3 is 2.78 bits per heavy atom. The number of hydrogen-bond donors (Lipinski definition) is 1. The lowest BCUT2D eigenvalue weighted by Gasteiger charge is -2.09. The summed E-state index contributed by atoms with van der Waals surface area (Å²) in [6, 6.07) is 13.0. The van der Waals surface area contributed by atoms with E-state index in [1.54, 1.807) is 31.2 Å². The normalized spacial score (nSPS) is 10.9. The molecule has 8 heteroatoms. The van der Waals surface area contributed by atoms with Gasteiger partial charge in [-0.15, -0.1) is 0 Å². The zero-order chi connectivity index (χ0) is 18.8. The summed E-state index contributed by atoms with van der Waals surface area (Å²) in [5.74, 6) is 1.04. The summed E-state index contributed by atoms with van der Waals surface area (Å²) in [5.41, 5.74) is 2.38. The van der Waals surface area contributed by atoms with Gasteiger partial charge in [-0.3, -0.25) is 10.1 Å². The van der Waals surface area contributed by atoms with Gasteiger partial charge in [0.15, 0.2) is 11.7 Å². The average Bonchev–Trinajstić information content (AvgIpc) is 3.26. The van der Waals surface area contributed by atoms with Crippen molar-refractivity contribution in [3.05, 3.63) is 65.3 Å². The maximum atomic E-state index is 12.7. The molecule has 2 heterocycles. The van der Waals surface area contributed by atoms with E-state index in [1.165, 1.54) is 11.3 Å². The number of rotatable bonds is 5. The van der Waals surface area contributed by atoms with Crippen molar-refractivity contribution in [2.24, 2.45) is 0 Å². The van der Waals surface area contributed by atoms with Crippen LogP contribution in [0.3, 0.4) is 0 Å². The van der Waals surface area contributed by atoms with Crippen molar-refractivity contribution in [3.8, 4) is 5.75 Å². The highest BCUT2D eigenvalue weighted by Gasteiger charge is 2.15. The van der Waals surface area contributed by atoms with Gasteiger partial charge in [0, 0.05) is 6.92 Å². The zero-order valence-corrected chi connectivity index (χ0v) is 15.5. The number of anilines is 1. The molecule has 0 aliphatic carbocycles. The predicted molar refractivity (Wildman–Crippen MR) is 102 cm³/mol. The topological polar surface area (TPSA) is 90.1 Å². The second kappa shape index (κ2) is 7.16. The Labute approximate surface area is 159 Å². The summed E-state index contributed by atoms with van der Waals surface area (Å²) in [4.78, 5) is 21.3. The van der Waals surface area contributed by atoms with E-state index < -0.39 is 0 Å². The van der Waals surface area contributed by atoms with Crippen LogP contribution in [0.25, 0.3) is 10.2 Å². The minimum Gasteiger partial charge on any atom is -0.485 e. The van der Waals surface area contributed by atoms with Gasteiger partial charge in [0.1, 0.15) is 5.75 Å². The van der Waals surface area contributed by atoms with Crippen LogP contribution in [0, 0.1) is 13.8 Å². The van der Waals surface area contributed by atoms with Gasteiger partial charge in [0.25, 0.3) is 5.91 Å². The first kappa shape index (κ1) is 17.2. The molecule has 0 saturated carbocycles. The van der Waals surface area contributed by atoms with E-state index in [9.17, 15) is 4.79 Å². The Morgan fingerprint density at radius 2 is 2.00 bits per heavy atom. The molecular weight excluding hydrogens is 364 g/mol. The molecule has 0 radical (unpaired) electrons. The van der Waals surface area contributed by atoms with Gasteiger partial charge in [-0.2, -0.15) is 4.98 Å². The number of nitrogens with one attached hydrogen (secondary N) is 1. The van der Waals surface area contributed by atoms with Crippen LogP contribution in [-0.2, 0) is 6.61 Å². The van der Waals surface area contributed by atoms with Crippen molar-refractivity contribution >= 4 is 32.6 Å². The van der Waals surface area contributed by atoms with Crippen LogP contribution in [0.4, 0.5) is 5.13 Å². The van der Waals surface area contributed by atoms with Crippen LogP contribution < -0.4 is 10.1 Å². The van der Waals surface area contributed by atoms with E-state index in [-0.39, 0.29) is 12.5 Å². The SMILES string of the molecule is Cc1nc(COc2ccccc2C(=O)Nc2nc3c(C)cccc3s2)no1. The molecule has 4 rings (SSSR count). The third-order valence-electron chi connectivity index (χ3n) is 3.90. The largest absolute Gasteiger partial charge is 0.485 e. The lowest BCUT2D eigenvalue weighted by atomic mass is 10.2. The monoisotopic (exact) mass is 380 g/mol. The standard InChI is InChI=1S/C19H16N4O3S/c1-11-6-5-9-15-17(11)21-19(27-15)22-18(24)13-7-3-4-8-14(13)25-10-16-20-12(2)26-23-16/h3-9H,10H2,1-2H3,(H,21,22,24). The van der Waals surface area contributed by atoms with Gasteiger partial charge in [-0.25, -0.2) is 4.98 Å². The number of aromatic nitrogens is 3. The van der Waals surface area contributed by atoms with Crippen LogP contribution >= 0.6 is 11.3 Å². The molecule has 0 bridgehead atoms. The molecule has 0 fully saturated rings. The Hall–Kier alpha value is -3.26. The lowest BCUT2D eigenvalue weighted by Crippen LogP contribution is -2.13. The number of fused-ring (bicyclic) bond motifs is 1. The minimum absolute atomic E-state index is 0.113. The lowest BCUT2D eigenvalue weighted by molar-refractivity contribution is 0.102.